The summed E-state index contributed by atoms with van der Waals surface area (Å²) in [6.07, 6.45) is 5.76. The zero-order valence-electron chi connectivity index (χ0n) is 11.8. The van der Waals surface area contributed by atoms with Crippen molar-refractivity contribution in [2.75, 3.05) is 40.3 Å². The van der Waals surface area contributed by atoms with Crippen LogP contribution >= 0.6 is 0 Å². The average molecular weight is 239 g/mol. The first kappa shape index (κ1) is 13.3. The van der Waals surface area contributed by atoms with Gasteiger partial charge in [-0.05, 0) is 39.4 Å². The molecule has 0 radical (unpaired) electrons. The normalized spacial score (nSPS) is 33.2. The monoisotopic (exact) mass is 239 g/mol. The van der Waals surface area contributed by atoms with E-state index in [0.29, 0.717) is 6.04 Å². The maximum Gasteiger partial charge on any atom is 0.0322 e. The van der Waals surface area contributed by atoms with Gasteiger partial charge in [0.2, 0.25) is 0 Å². The van der Waals surface area contributed by atoms with Gasteiger partial charge in [0, 0.05) is 31.7 Å². The van der Waals surface area contributed by atoms with Crippen molar-refractivity contribution < 1.29 is 0 Å². The van der Waals surface area contributed by atoms with Gasteiger partial charge < -0.3 is 10.2 Å². The second-order valence-electron chi connectivity index (χ2n) is 6.36. The Kier molecular flexibility index (Phi) is 4.83. The Balaban J connectivity index is 1.93. The molecule has 0 bridgehead atoms. The lowest BCUT2D eigenvalue weighted by atomic mass is 10.1. The van der Waals surface area contributed by atoms with Crippen molar-refractivity contribution in [3.05, 3.63) is 0 Å². The fourth-order valence-electron chi connectivity index (χ4n) is 3.39. The minimum Gasteiger partial charge on any atom is -0.311 e. The molecule has 1 aliphatic heterocycles. The first-order chi connectivity index (χ1) is 8.15. The molecule has 2 unspecified atom stereocenters. The highest BCUT2D eigenvalue weighted by atomic mass is 15.2. The van der Waals surface area contributed by atoms with Gasteiger partial charge in [0.15, 0.2) is 0 Å². The van der Waals surface area contributed by atoms with E-state index in [1.54, 1.807) is 0 Å². The quantitative estimate of drug-likeness (QED) is 0.803. The lowest BCUT2D eigenvalue weighted by Crippen LogP contribution is -2.46. The van der Waals surface area contributed by atoms with Crippen LogP contribution in [0.2, 0.25) is 0 Å². The molecule has 17 heavy (non-hydrogen) atoms. The molecule has 0 aromatic carbocycles. The van der Waals surface area contributed by atoms with E-state index in [2.05, 4.69) is 36.1 Å². The molecule has 1 aliphatic carbocycles. The summed E-state index contributed by atoms with van der Waals surface area (Å²) in [4.78, 5) is 5.08. The van der Waals surface area contributed by atoms with Crippen LogP contribution in [0.1, 0.15) is 32.6 Å². The van der Waals surface area contributed by atoms with Gasteiger partial charge in [-0.25, -0.2) is 0 Å². The van der Waals surface area contributed by atoms with E-state index in [1.807, 2.05) is 0 Å². The van der Waals surface area contributed by atoms with Crippen molar-refractivity contribution in [1.82, 2.24) is 15.1 Å². The van der Waals surface area contributed by atoms with Gasteiger partial charge in [0.1, 0.15) is 0 Å². The summed E-state index contributed by atoms with van der Waals surface area (Å²) in [6.45, 7) is 7.26. The molecular formula is C14H29N3. The Bertz CT molecular complexity index is 224. The van der Waals surface area contributed by atoms with E-state index in [1.165, 1.54) is 45.3 Å². The number of nitrogens with one attached hydrogen (secondary N) is 1. The van der Waals surface area contributed by atoms with E-state index in [-0.39, 0.29) is 0 Å². The summed E-state index contributed by atoms with van der Waals surface area (Å²) in [5, 5.41) is 3.73. The van der Waals surface area contributed by atoms with Gasteiger partial charge in [-0.2, -0.15) is 0 Å². The summed E-state index contributed by atoms with van der Waals surface area (Å²) in [7, 11) is 4.35. The highest BCUT2D eigenvalue weighted by molar-refractivity contribution is 4.86. The summed E-state index contributed by atoms with van der Waals surface area (Å²) < 4.78 is 0. The Morgan fingerprint density at radius 1 is 1.18 bits per heavy atom. The van der Waals surface area contributed by atoms with E-state index >= 15 is 0 Å². The topological polar surface area (TPSA) is 18.5 Å². The van der Waals surface area contributed by atoms with Crippen molar-refractivity contribution in [2.24, 2.45) is 5.92 Å². The Hall–Kier alpha value is -0.120. The van der Waals surface area contributed by atoms with Gasteiger partial charge in [-0.3, -0.25) is 4.90 Å². The fraction of sp³-hybridized carbons (Fsp3) is 1.00. The van der Waals surface area contributed by atoms with Crippen molar-refractivity contribution in [2.45, 2.75) is 44.7 Å². The average Bonchev–Trinajstić information content (AvgIpc) is 2.72. The molecule has 1 heterocycles. The highest BCUT2D eigenvalue weighted by Gasteiger charge is 2.28. The molecule has 1 N–H and O–H groups in total. The Labute approximate surface area is 107 Å². The van der Waals surface area contributed by atoms with Gasteiger partial charge in [0.05, 0.1) is 0 Å². The molecule has 0 amide bonds. The van der Waals surface area contributed by atoms with Crippen LogP contribution < -0.4 is 5.32 Å². The standard InChI is InChI=1S/C14H29N3/c1-12-8-15-13(10-16(2)3)11-17(9-12)14-6-4-5-7-14/h12-15H,4-11H2,1-3H3. The summed E-state index contributed by atoms with van der Waals surface area (Å²) in [5.41, 5.74) is 0. The number of likely N-dealkylation sites (N-methyl/N-ethyl adjacent to an activating group) is 1. The molecule has 2 aliphatic rings. The van der Waals surface area contributed by atoms with Gasteiger partial charge in [-0.1, -0.05) is 19.8 Å². The van der Waals surface area contributed by atoms with Gasteiger partial charge in [0.25, 0.3) is 0 Å². The van der Waals surface area contributed by atoms with Crippen LogP contribution in [0, 0.1) is 5.92 Å². The van der Waals surface area contributed by atoms with Crippen LogP contribution in [0.15, 0.2) is 0 Å². The molecule has 3 heteroatoms. The second kappa shape index (κ2) is 6.17. The summed E-state index contributed by atoms with van der Waals surface area (Å²) in [6, 6.07) is 1.53. The maximum atomic E-state index is 3.73. The molecule has 3 nitrogen and oxygen atoms in total. The lowest BCUT2D eigenvalue weighted by Gasteiger charge is -2.31. The third-order valence-electron chi connectivity index (χ3n) is 4.18. The second-order valence-corrected chi connectivity index (χ2v) is 6.36. The van der Waals surface area contributed by atoms with Gasteiger partial charge >= 0.3 is 0 Å². The molecule has 1 saturated carbocycles. The molecule has 0 aromatic rings. The van der Waals surface area contributed by atoms with Crippen LogP contribution in [0.3, 0.4) is 0 Å². The van der Waals surface area contributed by atoms with Crippen molar-refractivity contribution in [3.63, 3.8) is 0 Å². The lowest BCUT2D eigenvalue weighted by molar-refractivity contribution is 0.172. The van der Waals surface area contributed by atoms with E-state index in [0.717, 1.165) is 18.5 Å². The number of rotatable bonds is 3. The van der Waals surface area contributed by atoms with E-state index in [4.69, 9.17) is 0 Å². The van der Waals surface area contributed by atoms with Crippen LogP contribution in [-0.2, 0) is 0 Å². The zero-order valence-corrected chi connectivity index (χ0v) is 11.8. The first-order valence-corrected chi connectivity index (χ1v) is 7.27. The summed E-state index contributed by atoms with van der Waals surface area (Å²) >= 11 is 0. The van der Waals surface area contributed by atoms with Crippen LogP contribution in [0.5, 0.6) is 0 Å². The predicted octanol–water partition coefficient (Wildman–Crippen LogP) is 1.40. The molecule has 100 valence electrons. The third-order valence-corrected chi connectivity index (χ3v) is 4.18. The van der Waals surface area contributed by atoms with Crippen molar-refractivity contribution >= 4 is 0 Å². The third kappa shape index (κ3) is 3.94. The molecule has 1 saturated heterocycles. The van der Waals surface area contributed by atoms with Crippen LogP contribution in [-0.4, -0.2) is 62.2 Å². The number of hydrogen-bond acceptors (Lipinski definition) is 3. The highest BCUT2D eigenvalue weighted by Crippen LogP contribution is 2.25. The SMILES string of the molecule is CC1CNC(CN(C)C)CN(C2CCCC2)C1. The maximum absolute atomic E-state index is 3.73. The van der Waals surface area contributed by atoms with Crippen molar-refractivity contribution in [3.8, 4) is 0 Å². The molecule has 0 spiro atoms. The number of nitrogens with zero attached hydrogens (tertiary/aromatic N) is 2. The zero-order chi connectivity index (χ0) is 12.3. The Morgan fingerprint density at radius 2 is 1.88 bits per heavy atom. The first-order valence-electron chi connectivity index (χ1n) is 7.27. The number of hydrogen-bond donors (Lipinski definition) is 1. The molecule has 0 aromatic heterocycles. The minimum absolute atomic E-state index is 0.649. The van der Waals surface area contributed by atoms with E-state index < -0.39 is 0 Å². The molecule has 2 atom stereocenters. The van der Waals surface area contributed by atoms with Crippen molar-refractivity contribution in [1.29, 1.82) is 0 Å². The van der Waals surface area contributed by atoms with E-state index in [9.17, 15) is 0 Å². The molecule has 2 rings (SSSR count). The van der Waals surface area contributed by atoms with Crippen LogP contribution in [0.4, 0.5) is 0 Å². The summed E-state index contributed by atoms with van der Waals surface area (Å²) in [5.74, 6) is 0.794. The Morgan fingerprint density at radius 3 is 2.53 bits per heavy atom. The van der Waals surface area contributed by atoms with Crippen LogP contribution in [0.25, 0.3) is 0 Å². The molecule has 2 fully saturated rings. The largest absolute Gasteiger partial charge is 0.311 e. The molecular weight excluding hydrogens is 210 g/mol. The minimum atomic E-state index is 0.649. The fourth-order valence-corrected chi connectivity index (χ4v) is 3.39. The predicted molar refractivity (Wildman–Crippen MR) is 73.3 cm³/mol. The smallest absolute Gasteiger partial charge is 0.0322 e. The van der Waals surface area contributed by atoms with Gasteiger partial charge in [-0.15, -0.1) is 0 Å².